The van der Waals surface area contributed by atoms with Crippen LogP contribution in [0.5, 0.6) is 0 Å². The molecule has 1 amide bonds. The van der Waals surface area contributed by atoms with Crippen LogP contribution in [0.2, 0.25) is 0 Å². The summed E-state index contributed by atoms with van der Waals surface area (Å²) in [6.07, 6.45) is 56.1. The number of allylic oxidation sites excluding steroid dienone is 1. The molecule has 376 valence electrons. The van der Waals surface area contributed by atoms with Crippen molar-refractivity contribution in [1.29, 1.82) is 0 Å². The van der Waals surface area contributed by atoms with E-state index in [4.69, 9.17) is 9.05 Å². The van der Waals surface area contributed by atoms with E-state index in [2.05, 4.69) is 19.2 Å². The summed E-state index contributed by atoms with van der Waals surface area (Å²) in [6.45, 7) is 4.83. The Labute approximate surface area is 392 Å². The number of amides is 1. The second-order valence-corrected chi connectivity index (χ2v) is 21.8. The van der Waals surface area contributed by atoms with Crippen molar-refractivity contribution in [3.63, 3.8) is 0 Å². The molecule has 3 N–H and O–H groups in total. The molecule has 3 unspecified atom stereocenters. The smallest absolute Gasteiger partial charge is 0.387 e. The number of phosphoric ester groups is 1. The number of hydrogen-bond donors (Lipinski definition) is 3. The van der Waals surface area contributed by atoms with Gasteiger partial charge in [-0.1, -0.05) is 264 Å². The van der Waals surface area contributed by atoms with Crippen molar-refractivity contribution in [3.8, 4) is 0 Å². The van der Waals surface area contributed by atoms with E-state index in [0.29, 0.717) is 17.4 Å². The first-order valence-electron chi connectivity index (χ1n) is 27.6. The van der Waals surface area contributed by atoms with Crippen molar-refractivity contribution in [2.75, 3.05) is 40.9 Å². The third kappa shape index (κ3) is 49.0. The van der Waals surface area contributed by atoms with Gasteiger partial charge >= 0.3 is 7.82 Å². The van der Waals surface area contributed by atoms with E-state index in [-0.39, 0.29) is 19.1 Å². The van der Waals surface area contributed by atoms with Gasteiger partial charge in [0.15, 0.2) is 0 Å². The Morgan fingerprint density at radius 2 is 0.841 bits per heavy atom. The summed E-state index contributed by atoms with van der Waals surface area (Å²) in [5.74, 6) is -0.172. The lowest BCUT2D eigenvalue weighted by atomic mass is 10.0. The highest BCUT2D eigenvalue weighted by atomic mass is 31.2. The SMILES string of the molecule is CCCCCCCCCCC/C=C/C(O)C(COP(=O)(O)OCC[N+](C)(C)C)NC(=O)CCCCCCCCCCCCCCCCCCCCCCCCCCCCCCCC. The lowest BCUT2D eigenvalue weighted by molar-refractivity contribution is -0.870. The molecule has 0 fully saturated rings. The van der Waals surface area contributed by atoms with Gasteiger partial charge in [0.1, 0.15) is 13.2 Å². The Morgan fingerprint density at radius 1 is 0.524 bits per heavy atom. The second kappa shape index (κ2) is 46.4. The maximum Gasteiger partial charge on any atom is 0.472 e. The van der Waals surface area contributed by atoms with Gasteiger partial charge in [-0.15, -0.1) is 0 Å². The summed E-state index contributed by atoms with van der Waals surface area (Å²) in [4.78, 5) is 23.2. The summed E-state index contributed by atoms with van der Waals surface area (Å²) in [5.41, 5.74) is 0. The Kier molecular flexibility index (Phi) is 45.8. The summed E-state index contributed by atoms with van der Waals surface area (Å²) in [6, 6.07) is -0.840. The zero-order chi connectivity index (χ0) is 46.4. The zero-order valence-corrected chi connectivity index (χ0v) is 43.7. The predicted octanol–water partition coefficient (Wildman–Crippen LogP) is 16.3. The van der Waals surface area contributed by atoms with Crippen molar-refractivity contribution >= 4 is 13.7 Å². The molecule has 0 aliphatic rings. The number of quaternary nitrogens is 1. The van der Waals surface area contributed by atoms with Gasteiger partial charge in [0, 0.05) is 6.42 Å². The Hall–Kier alpha value is -0.760. The van der Waals surface area contributed by atoms with Crippen LogP contribution < -0.4 is 5.32 Å². The van der Waals surface area contributed by atoms with Crippen LogP contribution in [0.1, 0.15) is 277 Å². The monoisotopic (exact) mass is 914 g/mol. The van der Waals surface area contributed by atoms with Crippen molar-refractivity contribution in [3.05, 3.63) is 12.2 Å². The summed E-state index contributed by atoms with van der Waals surface area (Å²) in [5, 5.41) is 13.8. The topological polar surface area (TPSA) is 105 Å². The Balaban J connectivity index is 3.98. The van der Waals surface area contributed by atoms with Gasteiger partial charge in [-0.2, -0.15) is 0 Å². The first kappa shape index (κ1) is 62.2. The number of rotatable bonds is 51. The minimum absolute atomic E-state index is 0.0647. The highest BCUT2D eigenvalue weighted by molar-refractivity contribution is 7.47. The van der Waals surface area contributed by atoms with E-state index in [1.54, 1.807) is 6.08 Å². The van der Waals surface area contributed by atoms with E-state index in [1.807, 2.05) is 27.2 Å². The van der Waals surface area contributed by atoms with Gasteiger partial charge in [0.2, 0.25) is 5.91 Å². The Morgan fingerprint density at radius 3 is 1.17 bits per heavy atom. The largest absolute Gasteiger partial charge is 0.472 e. The molecule has 0 rings (SSSR count). The number of aliphatic hydroxyl groups is 1. The molecule has 0 aliphatic carbocycles. The molecule has 0 heterocycles. The van der Waals surface area contributed by atoms with E-state index in [0.717, 1.165) is 38.5 Å². The quantitative estimate of drug-likeness (QED) is 0.0243. The van der Waals surface area contributed by atoms with E-state index in [9.17, 15) is 19.4 Å². The average Bonchev–Trinajstić information content (AvgIpc) is 3.24. The third-order valence-electron chi connectivity index (χ3n) is 12.8. The number of unbranched alkanes of at least 4 members (excludes halogenated alkanes) is 38. The second-order valence-electron chi connectivity index (χ2n) is 20.3. The molecule has 3 atom stereocenters. The first-order valence-corrected chi connectivity index (χ1v) is 29.1. The number of nitrogens with zero attached hydrogens (tertiary/aromatic N) is 1. The van der Waals surface area contributed by atoms with Gasteiger partial charge in [-0.25, -0.2) is 4.57 Å². The number of likely N-dealkylation sites (N-methyl/N-ethyl adjacent to an activating group) is 1. The molecule has 0 aromatic rings. The van der Waals surface area contributed by atoms with Crippen LogP contribution in [0.25, 0.3) is 0 Å². The third-order valence-corrected chi connectivity index (χ3v) is 13.7. The number of carbonyl (C=O) groups is 1. The number of carbonyl (C=O) groups excluding carboxylic acids is 1. The molecule has 0 spiro atoms. The average molecular weight is 914 g/mol. The van der Waals surface area contributed by atoms with Crippen molar-refractivity contribution in [1.82, 2.24) is 5.32 Å². The van der Waals surface area contributed by atoms with Gasteiger partial charge in [-0.3, -0.25) is 13.8 Å². The van der Waals surface area contributed by atoms with Crippen LogP contribution in [-0.2, 0) is 18.4 Å². The van der Waals surface area contributed by atoms with Crippen LogP contribution >= 0.6 is 7.82 Å². The fraction of sp³-hybridized carbons (Fsp3) is 0.944. The molecule has 0 saturated carbocycles. The zero-order valence-electron chi connectivity index (χ0n) is 42.8. The lowest BCUT2D eigenvalue weighted by Crippen LogP contribution is -2.45. The maximum absolute atomic E-state index is 12.9. The van der Waals surface area contributed by atoms with Crippen LogP contribution in [0.4, 0.5) is 0 Å². The van der Waals surface area contributed by atoms with Crippen LogP contribution in [0, 0.1) is 0 Å². The normalized spacial score (nSPS) is 14.1. The molecule has 8 nitrogen and oxygen atoms in total. The fourth-order valence-electron chi connectivity index (χ4n) is 8.40. The predicted molar refractivity (Wildman–Crippen MR) is 272 cm³/mol. The molecule has 9 heteroatoms. The Bertz CT molecular complexity index is 1040. The molecule has 63 heavy (non-hydrogen) atoms. The van der Waals surface area contributed by atoms with Crippen molar-refractivity contribution < 1.29 is 32.9 Å². The van der Waals surface area contributed by atoms with Gasteiger partial charge in [0.25, 0.3) is 0 Å². The van der Waals surface area contributed by atoms with Crippen molar-refractivity contribution in [2.45, 2.75) is 289 Å². The summed E-state index contributed by atoms with van der Waals surface area (Å²) >= 11 is 0. The van der Waals surface area contributed by atoms with Gasteiger partial charge in [0.05, 0.1) is 39.9 Å². The van der Waals surface area contributed by atoms with Crippen LogP contribution in [-0.4, -0.2) is 73.4 Å². The number of nitrogens with one attached hydrogen (secondary N) is 1. The molecule has 0 bridgehead atoms. The number of aliphatic hydroxyl groups excluding tert-OH is 1. The number of phosphoric acid groups is 1. The van der Waals surface area contributed by atoms with Crippen LogP contribution in [0.15, 0.2) is 12.2 Å². The molecule has 0 radical (unpaired) electrons. The van der Waals surface area contributed by atoms with E-state index < -0.39 is 20.0 Å². The summed E-state index contributed by atoms with van der Waals surface area (Å²) in [7, 11) is 1.59. The number of hydrogen-bond acceptors (Lipinski definition) is 5. The molecular weight excluding hydrogens is 804 g/mol. The molecular formula is C54H110N2O6P+. The van der Waals surface area contributed by atoms with Gasteiger partial charge in [-0.05, 0) is 19.3 Å². The molecule has 0 saturated heterocycles. The highest BCUT2D eigenvalue weighted by Gasteiger charge is 2.27. The van der Waals surface area contributed by atoms with Gasteiger partial charge < -0.3 is 19.8 Å². The fourth-order valence-corrected chi connectivity index (χ4v) is 9.13. The standard InChI is InChI=1S/C54H109N2O6P/c1-6-8-10-12-14-16-18-19-20-21-22-23-24-25-26-27-28-29-30-31-32-33-34-35-36-38-40-42-44-46-48-54(58)55-52(51-62-63(59,60)61-50-49-56(3,4)5)53(57)47-45-43-41-39-37-17-15-13-11-9-7-2/h45,47,52-53,57H,6-44,46,48-51H2,1-5H3,(H-,55,58,59,60)/p+1/b47-45+. The van der Waals surface area contributed by atoms with E-state index >= 15 is 0 Å². The van der Waals surface area contributed by atoms with E-state index in [1.165, 1.54) is 218 Å². The molecule has 0 aromatic carbocycles. The van der Waals surface area contributed by atoms with Crippen LogP contribution in [0.3, 0.4) is 0 Å². The first-order chi connectivity index (χ1) is 30.5. The summed E-state index contributed by atoms with van der Waals surface area (Å²) < 4.78 is 23.6. The minimum Gasteiger partial charge on any atom is -0.387 e. The molecule has 0 aliphatic heterocycles. The highest BCUT2D eigenvalue weighted by Crippen LogP contribution is 2.43. The lowest BCUT2D eigenvalue weighted by Gasteiger charge is -2.25. The van der Waals surface area contributed by atoms with Crippen molar-refractivity contribution in [2.24, 2.45) is 0 Å². The minimum atomic E-state index is -4.33. The maximum atomic E-state index is 12.9. The molecule has 0 aromatic heterocycles.